The molecule has 0 spiro atoms. The molecular formula is C21H33O. The first-order chi connectivity index (χ1) is 10.8. The van der Waals surface area contributed by atoms with Gasteiger partial charge in [0.1, 0.15) is 6.10 Å². The van der Waals surface area contributed by atoms with Gasteiger partial charge >= 0.3 is 0 Å². The highest BCUT2D eigenvalue weighted by atomic mass is 16.5. The van der Waals surface area contributed by atoms with Crippen molar-refractivity contribution in [2.45, 2.75) is 84.0 Å². The average molecular weight is 301 g/mol. The van der Waals surface area contributed by atoms with Gasteiger partial charge in [-0.1, -0.05) is 76.1 Å². The molecule has 0 heterocycles. The molecule has 1 fully saturated rings. The molecule has 0 aromatic heterocycles. The fraction of sp³-hybridized carbons (Fsp3) is 0.667. The van der Waals surface area contributed by atoms with E-state index in [2.05, 4.69) is 38.1 Å². The molecule has 1 aliphatic rings. The van der Waals surface area contributed by atoms with Crippen LogP contribution in [0.3, 0.4) is 0 Å². The Morgan fingerprint density at radius 1 is 0.955 bits per heavy atom. The topological polar surface area (TPSA) is 9.23 Å². The van der Waals surface area contributed by atoms with E-state index in [1.165, 1.54) is 75.3 Å². The van der Waals surface area contributed by atoms with E-state index in [0.29, 0.717) is 0 Å². The van der Waals surface area contributed by atoms with Crippen LogP contribution in [0.5, 0.6) is 0 Å². The van der Waals surface area contributed by atoms with Crippen LogP contribution in [-0.4, -0.2) is 6.61 Å². The molecule has 22 heavy (non-hydrogen) atoms. The zero-order valence-electron chi connectivity index (χ0n) is 14.6. The van der Waals surface area contributed by atoms with Crippen LogP contribution in [-0.2, 0) is 4.74 Å². The van der Waals surface area contributed by atoms with Crippen molar-refractivity contribution in [2.75, 3.05) is 6.61 Å². The molecule has 1 aromatic rings. The molecule has 0 aliphatic heterocycles. The fourth-order valence-electron chi connectivity index (χ4n) is 3.11. The number of ether oxygens (including phenoxy) is 1. The van der Waals surface area contributed by atoms with Gasteiger partial charge in [0.15, 0.2) is 0 Å². The van der Waals surface area contributed by atoms with Crippen molar-refractivity contribution in [3.05, 3.63) is 41.5 Å². The van der Waals surface area contributed by atoms with Crippen LogP contribution in [0, 0.1) is 6.10 Å². The number of hydrogen-bond acceptors (Lipinski definition) is 1. The third-order valence-electron chi connectivity index (χ3n) is 4.67. The first kappa shape index (κ1) is 17.5. The molecule has 1 nitrogen and oxygen atoms in total. The summed E-state index contributed by atoms with van der Waals surface area (Å²) in [6, 6.07) is 8.78. The van der Waals surface area contributed by atoms with Crippen LogP contribution < -0.4 is 0 Å². The van der Waals surface area contributed by atoms with Gasteiger partial charge in [0, 0.05) is 6.61 Å². The maximum Gasteiger partial charge on any atom is 0.123 e. The molecule has 0 saturated heterocycles. The quantitative estimate of drug-likeness (QED) is 0.394. The van der Waals surface area contributed by atoms with Crippen LogP contribution >= 0.6 is 0 Å². The smallest absolute Gasteiger partial charge is 0.123 e. The third-order valence-corrected chi connectivity index (χ3v) is 4.67. The average Bonchev–Trinajstić information content (AvgIpc) is 3.38. The standard InChI is InChI=1S/C21H33O/c1-3-4-5-6-7-8-9-12-17-22-18(2)20-13-10-11-14-21(20)19-15-16-19/h10-11,13-14,19H,3-9,12,15-17H2,1-2H3. The Balaban J connectivity index is 1.57. The van der Waals surface area contributed by atoms with Gasteiger partial charge < -0.3 is 4.74 Å². The van der Waals surface area contributed by atoms with Crippen LogP contribution in [0.15, 0.2) is 24.3 Å². The zero-order valence-corrected chi connectivity index (χ0v) is 14.6. The van der Waals surface area contributed by atoms with Gasteiger partial charge in [-0.05, 0) is 43.2 Å². The SMILES string of the molecule is CCCCCCCCCCO[C](C)c1ccccc1C1CC1. The van der Waals surface area contributed by atoms with Crippen molar-refractivity contribution in [2.24, 2.45) is 0 Å². The molecule has 1 aliphatic carbocycles. The normalized spacial score (nSPS) is 14.7. The summed E-state index contributed by atoms with van der Waals surface area (Å²) < 4.78 is 6.01. The number of rotatable bonds is 12. The Labute approximate surface area is 137 Å². The summed E-state index contributed by atoms with van der Waals surface area (Å²) in [4.78, 5) is 0. The van der Waals surface area contributed by atoms with Crippen molar-refractivity contribution >= 4 is 0 Å². The van der Waals surface area contributed by atoms with Crippen LogP contribution in [0.1, 0.15) is 95.1 Å². The van der Waals surface area contributed by atoms with E-state index in [4.69, 9.17) is 4.74 Å². The second-order valence-electron chi connectivity index (χ2n) is 6.74. The van der Waals surface area contributed by atoms with Crippen molar-refractivity contribution < 1.29 is 4.74 Å². The van der Waals surface area contributed by atoms with E-state index in [1.54, 1.807) is 0 Å². The minimum absolute atomic E-state index is 0.790. The second-order valence-corrected chi connectivity index (χ2v) is 6.74. The minimum Gasteiger partial charge on any atom is -0.367 e. The van der Waals surface area contributed by atoms with Gasteiger partial charge in [0.2, 0.25) is 0 Å². The molecule has 0 N–H and O–H groups in total. The Morgan fingerprint density at radius 3 is 2.27 bits per heavy atom. The van der Waals surface area contributed by atoms with E-state index in [-0.39, 0.29) is 0 Å². The summed E-state index contributed by atoms with van der Waals surface area (Å²) in [5, 5.41) is 0. The predicted molar refractivity (Wildman–Crippen MR) is 95.0 cm³/mol. The summed E-state index contributed by atoms with van der Waals surface area (Å²) in [5.41, 5.74) is 2.83. The highest BCUT2D eigenvalue weighted by molar-refractivity contribution is 5.39. The van der Waals surface area contributed by atoms with E-state index in [0.717, 1.165) is 18.6 Å². The van der Waals surface area contributed by atoms with Gasteiger partial charge in [-0.15, -0.1) is 0 Å². The number of benzene rings is 1. The second kappa shape index (κ2) is 10.0. The summed E-state index contributed by atoms with van der Waals surface area (Å²) in [7, 11) is 0. The largest absolute Gasteiger partial charge is 0.367 e. The Hall–Kier alpha value is -0.820. The number of unbranched alkanes of at least 4 members (excludes halogenated alkanes) is 7. The molecule has 1 aromatic carbocycles. The van der Waals surface area contributed by atoms with Gasteiger partial charge in [0.25, 0.3) is 0 Å². The van der Waals surface area contributed by atoms with Gasteiger partial charge in [-0.3, -0.25) is 0 Å². The molecule has 1 saturated carbocycles. The fourth-order valence-corrected chi connectivity index (χ4v) is 3.11. The highest BCUT2D eigenvalue weighted by Crippen LogP contribution is 2.43. The lowest BCUT2D eigenvalue weighted by atomic mass is 9.99. The molecule has 0 unspecified atom stereocenters. The summed E-state index contributed by atoms with van der Waals surface area (Å²) in [6.07, 6.45) is 14.6. The molecule has 2 rings (SSSR count). The summed E-state index contributed by atoms with van der Waals surface area (Å²) >= 11 is 0. The van der Waals surface area contributed by atoms with Crippen LogP contribution in [0.4, 0.5) is 0 Å². The Morgan fingerprint density at radius 2 is 1.59 bits per heavy atom. The van der Waals surface area contributed by atoms with Crippen LogP contribution in [0.2, 0.25) is 0 Å². The van der Waals surface area contributed by atoms with Gasteiger partial charge in [0.05, 0.1) is 0 Å². The van der Waals surface area contributed by atoms with E-state index < -0.39 is 0 Å². The summed E-state index contributed by atoms with van der Waals surface area (Å²) in [5.74, 6) is 0.790. The lowest BCUT2D eigenvalue weighted by Crippen LogP contribution is -2.05. The van der Waals surface area contributed by atoms with Gasteiger partial charge in [-0.2, -0.15) is 0 Å². The molecular weight excluding hydrogens is 268 g/mol. The van der Waals surface area contributed by atoms with Crippen molar-refractivity contribution in [3.8, 4) is 0 Å². The van der Waals surface area contributed by atoms with E-state index in [9.17, 15) is 0 Å². The van der Waals surface area contributed by atoms with Crippen LogP contribution in [0.25, 0.3) is 0 Å². The lowest BCUT2D eigenvalue weighted by Gasteiger charge is -2.16. The zero-order chi connectivity index (χ0) is 15.6. The molecule has 0 atom stereocenters. The predicted octanol–water partition coefficient (Wildman–Crippen LogP) is 6.62. The van der Waals surface area contributed by atoms with Crippen molar-refractivity contribution in [3.63, 3.8) is 0 Å². The molecule has 0 bridgehead atoms. The highest BCUT2D eigenvalue weighted by Gasteiger charge is 2.27. The Kier molecular flexibility index (Phi) is 8.01. The van der Waals surface area contributed by atoms with Crippen molar-refractivity contribution in [1.82, 2.24) is 0 Å². The first-order valence-corrected chi connectivity index (χ1v) is 9.38. The maximum atomic E-state index is 6.01. The van der Waals surface area contributed by atoms with Gasteiger partial charge in [-0.25, -0.2) is 0 Å². The molecule has 1 radical (unpaired) electrons. The lowest BCUT2D eigenvalue weighted by molar-refractivity contribution is 0.160. The molecule has 1 heteroatoms. The van der Waals surface area contributed by atoms with E-state index >= 15 is 0 Å². The number of hydrogen-bond donors (Lipinski definition) is 0. The molecule has 123 valence electrons. The van der Waals surface area contributed by atoms with E-state index in [1.807, 2.05) is 0 Å². The first-order valence-electron chi connectivity index (χ1n) is 9.38. The third kappa shape index (κ3) is 6.12. The van der Waals surface area contributed by atoms with Crippen molar-refractivity contribution in [1.29, 1.82) is 0 Å². The molecule has 0 amide bonds. The Bertz CT molecular complexity index is 408. The maximum absolute atomic E-state index is 6.01. The monoisotopic (exact) mass is 301 g/mol. The summed E-state index contributed by atoms with van der Waals surface area (Å²) in [6.45, 7) is 5.28. The minimum atomic E-state index is 0.790.